The maximum Gasteiger partial charge on any atom is 0.279 e. The zero-order valence-corrected chi connectivity index (χ0v) is 18.5. The quantitative estimate of drug-likeness (QED) is 0.596. The van der Waals surface area contributed by atoms with Crippen molar-refractivity contribution in [3.8, 4) is 0 Å². The fraction of sp³-hybridized carbons (Fsp3) is 0.333. The molecule has 0 aliphatic carbocycles. The number of hydrogen-bond donors (Lipinski definition) is 0. The molecule has 1 amide bonds. The van der Waals surface area contributed by atoms with E-state index in [2.05, 4.69) is 11.1 Å². The number of nitrogens with zero attached hydrogens (tertiary/aromatic N) is 2. The number of thiazole rings is 1. The second-order valence-electron chi connectivity index (χ2n) is 7.04. The van der Waals surface area contributed by atoms with Gasteiger partial charge in [-0.1, -0.05) is 17.4 Å². The van der Waals surface area contributed by atoms with Crippen LogP contribution >= 0.6 is 11.3 Å². The Morgan fingerprint density at radius 1 is 1.17 bits per heavy atom. The minimum atomic E-state index is -3.37. The van der Waals surface area contributed by atoms with E-state index in [1.54, 1.807) is 21.0 Å². The highest BCUT2D eigenvalue weighted by atomic mass is 32.2. The topological polar surface area (TPSA) is 77.7 Å². The molecule has 154 valence electrons. The summed E-state index contributed by atoms with van der Waals surface area (Å²) in [5.74, 6) is -0.409. The van der Waals surface area contributed by atoms with Gasteiger partial charge < -0.3 is 9.30 Å². The summed E-state index contributed by atoms with van der Waals surface area (Å²) >= 11 is 1.45. The van der Waals surface area contributed by atoms with Crippen LogP contribution in [0.25, 0.3) is 10.2 Å². The molecule has 3 rings (SSSR count). The first-order valence-electron chi connectivity index (χ1n) is 9.26. The van der Waals surface area contributed by atoms with Crippen LogP contribution in [0, 0.1) is 6.92 Å². The Morgan fingerprint density at radius 2 is 1.86 bits per heavy atom. The molecule has 0 saturated carbocycles. The lowest BCUT2D eigenvalue weighted by atomic mass is 10.2. The minimum absolute atomic E-state index is 0.205. The SMILES string of the molecule is COCCn1c(=NC(=O)c2ccc(S(=O)(=O)C(C)C)cc2)sc2cc(C)ccc21. The van der Waals surface area contributed by atoms with Crippen LogP contribution in [-0.4, -0.2) is 37.9 Å². The Labute approximate surface area is 174 Å². The molecule has 0 unspecified atom stereocenters. The standard InChI is InChI=1S/C21H24N2O4S2/c1-14(2)29(25,26)17-8-6-16(7-9-17)20(24)22-21-23(11-12-27-4)18-10-5-15(3)13-19(18)28-21/h5-10,13-14H,11-12H2,1-4H3. The second-order valence-corrected chi connectivity index (χ2v) is 10.5. The number of benzene rings is 2. The molecule has 0 saturated heterocycles. The fourth-order valence-electron chi connectivity index (χ4n) is 2.88. The molecule has 1 heterocycles. The molecule has 0 fully saturated rings. The van der Waals surface area contributed by atoms with Gasteiger partial charge in [0.1, 0.15) is 0 Å². The van der Waals surface area contributed by atoms with Gasteiger partial charge in [-0.05, 0) is 62.7 Å². The number of carbonyl (C=O) groups excluding carboxylic acids is 1. The molecule has 0 aliphatic heterocycles. The van der Waals surface area contributed by atoms with E-state index in [9.17, 15) is 13.2 Å². The Balaban J connectivity index is 2.01. The summed E-state index contributed by atoms with van der Waals surface area (Å²) in [5, 5.41) is -0.518. The molecule has 2 aromatic carbocycles. The van der Waals surface area contributed by atoms with Crippen molar-refractivity contribution in [3.63, 3.8) is 0 Å². The van der Waals surface area contributed by atoms with E-state index in [0.717, 1.165) is 15.8 Å². The lowest BCUT2D eigenvalue weighted by molar-refractivity contribution is 0.0997. The first-order valence-corrected chi connectivity index (χ1v) is 11.6. The van der Waals surface area contributed by atoms with Gasteiger partial charge in [-0.3, -0.25) is 4.79 Å². The van der Waals surface area contributed by atoms with Gasteiger partial charge in [-0.25, -0.2) is 8.42 Å². The van der Waals surface area contributed by atoms with Crippen LogP contribution in [0.15, 0.2) is 52.4 Å². The zero-order valence-electron chi connectivity index (χ0n) is 16.9. The number of ether oxygens (including phenoxy) is 1. The summed E-state index contributed by atoms with van der Waals surface area (Å²) in [7, 11) is -1.74. The first-order chi connectivity index (χ1) is 13.7. The summed E-state index contributed by atoms with van der Waals surface area (Å²) in [6, 6.07) is 12.1. The van der Waals surface area contributed by atoms with Crippen LogP contribution in [0.2, 0.25) is 0 Å². The summed E-state index contributed by atoms with van der Waals surface area (Å²) in [6.07, 6.45) is 0. The van der Waals surface area contributed by atoms with Gasteiger partial charge in [-0.15, -0.1) is 0 Å². The van der Waals surface area contributed by atoms with Gasteiger partial charge in [0.05, 0.1) is 27.0 Å². The third-order valence-corrected chi connectivity index (χ3v) is 7.82. The number of rotatable bonds is 6. The molecule has 0 N–H and O–H groups in total. The molecule has 0 aliphatic rings. The van der Waals surface area contributed by atoms with Gasteiger partial charge in [0.25, 0.3) is 5.91 Å². The molecule has 1 aromatic heterocycles. The predicted octanol–water partition coefficient (Wildman–Crippen LogP) is 3.58. The van der Waals surface area contributed by atoms with Crippen molar-refractivity contribution in [3.05, 3.63) is 58.4 Å². The Kier molecular flexibility index (Phi) is 6.36. The van der Waals surface area contributed by atoms with E-state index in [4.69, 9.17) is 4.74 Å². The molecule has 8 heteroatoms. The highest BCUT2D eigenvalue weighted by molar-refractivity contribution is 7.92. The highest BCUT2D eigenvalue weighted by Gasteiger charge is 2.19. The fourth-order valence-corrected chi connectivity index (χ4v) is 5.09. The van der Waals surface area contributed by atoms with Crippen molar-refractivity contribution < 1.29 is 17.9 Å². The smallest absolute Gasteiger partial charge is 0.279 e. The van der Waals surface area contributed by atoms with E-state index >= 15 is 0 Å². The molecule has 0 atom stereocenters. The molecule has 0 spiro atoms. The molecule has 0 radical (unpaired) electrons. The zero-order chi connectivity index (χ0) is 21.2. The molecule has 6 nitrogen and oxygen atoms in total. The van der Waals surface area contributed by atoms with E-state index in [-0.39, 0.29) is 4.90 Å². The lowest BCUT2D eigenvalue weighted by Crippen LogP contribution is -2.19. The molecular formula is C21H24N2O4S2. The van der Waals surface area contributed by atoms with Crippen LogP contribution in [-0.2, 0) is 21.1 Å². The van der Waals surface area contributed by atoms with Crippen LogP contribution in [0.5, 0.6) is 0 Å². The van der Waals surface area contributed by atoms with Crippen molar-refractivity contribution in [2.24, 2.45) is 4.99 Å². The summed E-state index contributed by atoms with van der Waals surface area (Å²) in [4.78, 5) is 17.8. The number of aromatic nitrogens is 1. The predicted molar refractivity (Wildman–Crippen MR) is 115 cm³/mol. The third-order valence-electron chi connectivity index (χ3n) is 4.60. The van der Waals surface area contributed by atoms with Gasteiger partial charge in [0, 0.05) is 19.2 Å². The average molecular weight is 433 g/mol. The van der Waals surface area contributed by atoms with E-state index in [0.29, 0.717) is 23.5 Å². The van der Waals surface area contributed by atoms with E-state index in [1.807, 2.05) is 23.6 Å². The Morgan fingerprint density at radius 3 is 2.48 bits per heavy atom. The lowest BCUT2D eigenvalue weighted by Gasteiger charge is -2.07. The molecule has 29 heavy (non-hydrogen) atoms. The second kappa shape index (κ2) is 8.61. The average Bonchev–Trinajstić information content (AvgIpc) is 3.02. The molecule has 3 aromatic rings. The minimum Gasteiger partial charge on any atom is -0.383 e. The van der Waals surface area contributed by atoms with Crippen molar-refractivity contribution in [2.75, 3.05) is 13.7 Å². The summed E-state index contributed by atoms with van der Waals surface area (Å²) in [6.45, 7) is 6.37. The number of aryl methyl sites for hydroxylation is 1. The first kappa shape index (κ1) is 21.4. The number of methoxy groups -OCH3 is 1. The number of sulfone groups is 1. The van der Waals surface area contributed by atoms with Crippen LogP contribution < -0.4 is 4.80 Å². The maximum atomic E-state index is 12.7. The van der Waals surface area contributed by atoms with Gasteiger partial charge in [0.2, 0.25) is 0 Å². The number of amides is 1. The van der Waals surface area contributed by atoms with Gasteiger partial charge >= 0.3 is 0 Å². The van der Waals surface area contributed by atoms with Crippen molar-refractivity contribution >= 4 is 37.3 Å². The third kappa shape index (κ3) is 4.49. The van der Waals surface area contributed by atoms with Crippen LogP contribution in [0.4, 0.5) is 0 Å². The monoisotopic (exact) mass is 432 g/mol. The number of carbonyl (C=O) groups is 1. The summed E-state index contributed by atoms with van der Waals surface area (Å²) in [5.41, 5.74) is 2.49. The van der Waals surface area contributed by atoms with Crippen molar-refractivity contribution in [1.82, 2.24) is 4.57 Å². The van der Waals surface area contributed by atoms with Crippen LogP contribution in [0.1, 0.15) is 29.8 Å². The van der Waals surface area contributed by atoms with Gasteiger partial charge in [-0.2, -0.15) is 4.99 Å². The highest BCUT2D eigenvalue weighted by Crippen LogP contribution is 2.20. The van der Waals surface area contributed by atoms with Crippen molar-refractivity contribution in [1.29, 1.82) is 0 Å². The number of fused-ring (bicyclic) bond motifs is 1. The summed E-state index contributed by atoms with van der Waals surface area (Å²) < 4.78 is 32.7. The Hall–Kier alpha value is -2.29. The maximum absolute atomic E-state index is 12.7. The van der Waals surface area contributed by atoms with E-state index in [1.165, 1.54) is 35.6 Å². The van der Waals surface area contributed by atoms with Crippen molar-refractivity contribution in [2.45, 2.75) is 37.5 Å². The normalized spacial score (nSPS) is 12.8. The van der Waals surface area contributed by atoms with Crippen LogP contribution in [0.3, 0.4) is 0 Å². The van der Waals surface area contributed by atoms with E-state index < -0.39 is 21.0 Å². The largest absolute Gasteiger partial charge is 0.383 e. The Bertz CT molecular complexity index is 1200. The molecular weight excluding hydrogens is 408 g/mol. The number of hydrogen-bond acceptors (Lipinski definition) is 5. The molecule has 0 bridgehead atoms. The van der Waals surface area contributed by atoms with Gasteiger partial charge in [0.15, 0.2) is 14.6 Å².